The molecule has 1 radical (unpaired) electrons. The first-order chi connectivity index (χ1) is 7.38. The van der Waals surface area contributed by atoms with E-state index in [0.717, 1.165) is 0 Å². The summed E-state index contributed by atoms with van der Waals surface area (Å²) in [7, 11) is 0. The summed E-state index contributed by atoms with van der Waals surface area (Å²) in [5.74, 6) is 0. The SMILES string of the molecule is CCC[CH2][Sn]([CH2]CCC)[c]1ccccc1. The van der Waals surface area contributed by atoms with Crippen molar-refractivity contribution in [3.63, 3.8) is 0 Å². The third-order valence-electron chi connectivity index (χ3n) is 2.85. The summed E-state index contributed by atoms with van der Waals surface area (Å²) in [5, 5.41) is 0. The fraction of sp³-hybridized carbons (Fsp3) is 0.571. The van der Waals surface area contributed by atoms with E-state index in [4.69, 9.17) is 0 Å². The van der Waals surface area contributed by atoms with Gasteiger partial charge in [-0.05, 0) is 0 Å². The quantitative estimate of drug-likeness (QED) is 0.668. The molecule has 1 aromatic rings. The molecular weight excluding hydrogens is 287 g/mol. The van der Waals surface area contributed by atoms with Crippen LogP contribution < -0.4 is 3.58 Å². The summed E-state index contributed by atoms with van der Waals surface area (Å²) in [6.45, 7) is 4.62. The zero-order chi connectivity index (χ0) is 10.9. The number of unbranched alkanes of at least 4 members (excludes halogenated alkanes) is 2. The van der Waals surface area contributed by atoms with Crippen molar-refractivity contribution in [2.24, 2.45) is 0 Å². The standard InChI is InChI=1S/C6H5.2C4H9.Sn/c1-2-4-6-5-3-1;2*1-3-4-2;/h1-5H;2*1,3-4H2,2H3;. The summed E-state index contributed by atoms with van der Waals surface area (Å²) in [6.07, 6.45) is 5.63. The molecule has 0 amide bonds. The van der Waals surface area contributed by atoms with Crippen LogP contribution in [-0.4, -0.2) is 19.8 Å². The first kappa shape index (κ1) is 13.1. The predicted molar refractivity (Wildman–Crippen MR) is 71.3 cm³/mol. The minimum absolute atomic E-state index is 1.22. The molecule has 0 saturated carbocycles. The zero-order valence-electron chi connectivity index (χ0n) is 10.1. The van der Waals surface area contributed by atoms with Crippen LogP contribution in [0.2, 0.25) is 8.87 Å². The van der Waals surface area contributed by atoms with E-state index < -0.39 is 19.8 Å². The zero-order valence-corrected chi connectivity index (χ0v) is 13.0. The van der Waals surface area contributed by atoms with Crippen LogP contribution in [-0.2, 0) is 0 Å². The van der Waals surface area contributed by atoms with Crippen LogP contribution in [0.25, 0.3) is 0 Å². The van der Waals surface area contributed by atoms with Crippen molar-refractivity contribution in [2.45, 2.75) is 48.4 Å². The van der Waals surface area contributed by atoms with E-state index in [1.807, 2.05) is 0 Å². The number of benzene rings is 1. The fourth-order valence-electron chi connectivity index (χ4n) is 1.87. The molecule has 0 unspecified atom stereocenters. The van der Waals surface area contributed by atoms with Gasteiger partial charge in [0.15, 0.2) is 0 Å². The molecule has 0 saturated heterocycles. The second-order valence-electron chi connectivity index (χ2n) is 4.18. The van der Waals surface area contributed by atoms with Gasteiger partial charge in [-0.25, -0.2) is 0 Å². The van der Waals surface area contributed by atoms with Crippen LogP contribution in [0.3, 0.4) is 0 Å². The molecule has 0 aliphatic carbocycles. The molecule has 0 spiro atoms. The van der Waals surface area contributed by atoms with E-state index in [-0.39, 0.29) is 0 Å². The normalized spacial score (nSPS) is 10.9. The molecule has 1 aromatic carbocycles. The van der Waals surface area contributed by atoms with Gasteiger partial charge in [0.05, 0.1) is 0 Å². The molecular formula is C14H23Sn. The molecule has 0 bridgehead atoms. The molecule has 0 aliphatic heterocycles. The van der Waals surface area contributed by atoms with Crippen LogP contribution >= 0.6 is 0 Å². The van der Waals surface area contributed by atoms with Gasteiger partial charge in [-0.3, -0.25) is 0 Å². The number of rotatable bonds is 7. The van der Waals surface area contributed by atoms with Gasteiger partial charge in [0.2, 0.25) is 0 Å². The van der Waals surface area contributed by atoms with E-state index in [1.165, 1.54) is 25.7 Å². The van der Waals surface area contributed by atoms with Gasteiger partial charge >= 0.3 is 102 Å². The Bertz CT molecular complexity index is 235. The summed E-state index contributed by atoms with van der Waals surface area (Å²) in [6, 6.07) is 11.3. The van der Waals surface area contributed by atoms with Crippen molar-refractivity contribution >= 4 is 23.3 Å². The molecule has 83 valence electrons. The van der Waals surface area contributed by atoms with Gasteiger partial charge in [-0.15, -0.1) is 0 Å². The number of hydrogen-bond acceptors (Lipinski definition) is 0. The Hall–Kier alpha value is 0.0187. The Morgan fingerprint density at radius 2 is 1.40 bits per heavy atom. The second kappa shape index (κ2) is 8.20. The molecule has 0 N–H and O–H groups in total. The first-order valence-corrected chi connectivity index (χ1v) is 11.7. The van der Waals surface area contributed by atoms with Crippen LogP contribution in [0, 0.1) is 0 Å². The average molecular weight is 310 g/mol. The Balaban J connectivity index is 2.55. The molecule has 0 aromatic heterocycles. The topological polar surface area (TPSA) is 0 Å². The van der Waals surface area contributed by atoms with Gasteiger partial charge in [0, 0.05) is 0 Å². The van der Waals surface area contributed by atoms with Crippen molar-refractivity contribution in [3.05, 3.63) is 30.3 Å². The first-order valence-electron chi connectivity index (χ1n) is 6.28. The van der Waals surface area contributed by atoms with Gasteiger partial charge in [0.25, 0.3) is 0 Å². The fourth-order valence-corrected chi connectivity index (χ4v) is 10.6. The third kappa shape index (κ3) is 5.05. The Kier molecular flexibility index (Phi) is 7.16. The van der Waals surface area contributed by atoms with E-state index in [2.05, 4.69) is 44.2 Å². The summed E-state index contributed by atoms with van der Waals surface area (Å²) >= 11 is -1.22. The van der Waals surface area contributed by atoms with Crippen LogP contribution in [0.15, 0.2) is 30.3 Å². The molecule has 0 aliphatic rings. The third-order valence-corrected chi connectivity index (χ3v) is 11.6. The van der Waals surface area contributed by atoms with Crippen molar-refractivity contribution in [2.75, 3.05) is 0 Å². The molecule has 0 fully saturated rings. The predicted octanol–water partition coefficient (Wildman–Crippen LogP) is 3.99. The van der Waals surface area contributed by atoms with Gasteiger partial charge < -0.3 is 0 Å². The Morgan fingerprint density at radius 1 is 0.867 bits per heavy atom. The molecule has 1 rings (SSSR count). The molecule has 1 heteroatoms. The minimum atomic E-state index is -1.22. The van der Waals surface area contributed by atoms with Crippen LogP contribution in [0.5, 0.6) is 0 Å². The molecule has 0 heterocycles. The van der Waals surface area contributed by atoms with Crippen LogP contribution in [0.4, 0.5) is 0 Å². The van der Waals surface area contributed by atoms with Gasteiger partial charge in [-0.1, -0.05) is 0 Å². The van der Waals surface area contributed by atoms with Crippen molar-refractivity contribution in [1.29, 1.82) is 0 Å². The Morgan fingerprint density at radius 3 is 1.87 bits per heavy atom. The summed E-state index contributed by atoms with van der Waals surface area (Å²) in [4.78, 5) is 0. The summed E-state index contributed by atoms with van der Waals surface area (Å²) < 4.78 is 4.85. The van der Waals surface area contributed by atoms with Gasteiger partial charge in [0.1, 0.15) is 0 Å². The van der Waals surface area contributed by atoms with Crippen molar-refractivity contribution < 1.29 is 0 Å². The molecule has 15 heavy (non-hydrogen) atoms. The van der Waals surface area contributed by atoms with Crippen molar-refractivity contribution in [1.82, 2.24) is 0 Å². The van der Waals surface area contributed by atoms with Crippen molar-refractivity contribution in [3.8, 4) is 0 Å². The van der Waals surface area contributed by atoms with Crippen LogP contribution in [0.1, 0.15) is 39.5 Å². The summed E-state index contributed by atoms with van der Waals surface area (Å²) in [5.41, 5.74) is 0. The number of hydrogen-bond donors (Lipinski definition) is 0. The van der Waals surface area contributed by atoms with E-state index >= 15 is 0 Å². The molecule has 0 nitrogen and oxygen atoms in total. The maximum atomic E-state index is 2.38. The van der Waals surface area contributed by atoms with E-state index in [0.29, 0.717) is 0 Å². The molecule has 0 atom stereocenters. The maximum absolute atomic E-state index is 2.38. The Labute approximate surface area is 102 Å². The monoisotopic (exact) mass is 311 g/mol. The average Bonchev–Trinajstić information content (AvgIpc) is 2.30. The van der Waals surface area contributed by atoms with E-state index in [1.54, 1.807) is 12.5 Å². The second-order valence-corrected chi connectivity index (χ2v) is 12.1. The van der Waals surface area contributed by atoms with E-state index in [9.17, 15) is 0 Å². The van der Waals surface area contributed by atoms with Gasteiger partial charge in [-0.2, -0.15) is 0 Å².